The standard InChI is InChI=1S/C17H25ClN4O6/c1-9(2)14(23)26-8-17(7-18)11(27-15(24)10(3)4)5-13(28-17)22-16(25)21-12(19)6-20-22/h6,9-11,13H,5,7-8H2,1-4H3,(H2,19,21,25)/t11-,13+,17+/m0/s1. The highest BCUT2D eigenvalue weighted by Crippen LogP contribution is 2.39. The van der Waals surface area contributed by atoms with Crippen molar-refractivity contribution in [2.45, 2.75) is 52.0 Å². The molecule has 1 aromatic heterocycles. The smallest absolute Gasteiger partial charge is 0.368 e. The van der Waals surface area contributed by atoms with E-state index < -0.39 is 35.6 Å². The van der Waals surface area contributed by atoms with Gasteiger partial charge in [-0.15, -0.1) is 11.6 Å². The molecule has 11 heteroatoms. The van der Waals surface area contributed by atoms with Gasteiger partial charge in [-0.05, 0) is 0 Å². The van der Waals surface area contributed by atoms with Gasteiger partial charge in [-0.3, -0.25) is 9.59 Å². The summed E-state index contributed by atoms with van der Waals surface area (Å²) in [6.45, 7) is 6.51. The monoisotopic (exact) mass is 416 g/mol. The summed E-state index contributed by atoms with van der Waals surface area (Å²) in [6, 6.07) is 0. The zero-order chi connectivity index (χ0) is 21.1. The number of halogens is 1. The minimum atomic E-state index is -1.33. The summed E-state index contributed by atoms with van der Waals surface area (Å²) in [5.74, 6) is -1.82. The van der Waals surface area contributed by atoms with Gasteiger partial charge in [0.05, 0.1) is 23.9 Å². The molecule has 2 N–H and O–H groups in total. The highest BCUT2D eigenvalue weighted by molar-refractivity contribution is 6.18. The van der Waals surface area contributed by atoms with E-state index in [1.807, 2.05) is 0 Å². The van der Waals surface area contributed by atoms with Crippen molar-refractivity contribution in [1.29, 1.82) is 0 Å². The fourth-order valence-corrected chi connectivity index (χ4v) is 2.89. The first-order valence-corrected chi connectivity index (χ1v) is 9.45. The van der Waals surface area contributed by atoms with E-state index in [4.69, 9.17) is 31.5 Å². The van der Waals surface area contributed by atoms with E-state index >= 15 is 0 Å². The van der Waals surface area contributed by atoms with Crippen LogP contribution in [0.15, 0.2) is 11.0 Å². The molecule has 0 aliphatic carbocycles. The highest BCUT2D eigenvalue weighted by atomic mass is 35.5. The number of nitrogens with zero attached hydrogens (tertiary/aromatic N) is 3. The van der Waals surface area contributed by atoms with E-state index in [-0.39, 0.29) is 36.6 Å². The van der Waals surface area contributed by atoms with Crippen LogP contribution >= 0.6 is 11.6 Å². The van der Waals surface area contributed by atoms with Gasteiger partial charge in [0.1, 0.15) is 18.5 Å². The van der Waals surface area contributed by atoms with Gasteiger partial charge in [-0.1, -0.05) is 27.7 Å². The number of nitrogen functional groups attached to an aromatic ring is 1. The molecule has 0 saturated carbocycles. The summed E-state index contributed by atoms with van der Waals surface area (Å²) < 4.78 is 17.8. The number of nitrogens with two attached hydrogens (primary N) is 1. The molecule has 0 spiro atoms. The summed E-state index contributed by atoms with van der Waals surface area (Å²) in [6.07, 6.45) is -0.472. The normalized spacial score (nSPS) is 24.5. The van der Waals surface area contributed by atoms with Crippen LogP contribution in [-0.2, 0) is 23.8 Å². The molecule has 156 valence electrons. The number of carbonyl (C=O) groups excluding carboxylic acids is 2. The Morgan fingerprint density at radius 3 is 2.54 bits per heavy atom. The Labute approximate surface area is 167 Å². The summed E-state index contributed by atoms with van der Waals surface area (Å²) >= 11 is 6.15. The molecule has 1 saturated heterocycles. The predicted octanol–water partition coefficient (Wildman–Crippen LogP) is 0.884. The minimum Gasteiger partial charge on any atom is -0.462 e. The van der Waals surface area contributed by atoms with Crippen LogP contribution in [0.2, 0.25) is 0 Å². The molecule has 10 nitrogen and oxygen atoms in total. The molecular formula is C17H25ClN4O6. The molecule has 0 unspecified atom stereocenters. The third-order valence-corrected chi connectivity index (χ3v) is 4.72. The summed E-state index contributed by atoms with van der Waals surface area (Å²) in [5, 5.41) is 3.93. The van der Waals surface area contributed by atoms with Crippen molar-refractivity contribution >= 4 is 29.4 Å². The van der Waals surface area contributed by atoms with Crippen LogP contribution in [0.5, 0.6) is 0 Å². The molecular weight excluding hydrogens is 392 g/mol. The molecule has 1 aliphatic rings. The fourth-order valence-electron chi connectivity index (χ4n) is 2.58. The van der Waals surface area contributed by atoms with Crippen molar-refractivity contribution < 1.29 is 23.8 Å². The maximum atomic E-state index is 12.2. The van der Waals surface area contributed by atoms with Crippen LogP contribution in [0.3, 0.4) is 0 Å². The van der Waals surface area contributed by atoms with Gasteiger partial charge < -0.3 is 19.9 Å². The number of esters is 2. The van der Waals surface area contributed by atoms with Crippen molar-refractivity contribution in [3.05, 3.63) is 16.7 Å². The molecule has 0 bridgehead atoms. The van der Waals surface area contributed by atoms with E-state index in [1.54, 1.807) is 27.7 Å². The van der Waals surface area contributed by atoms with Crippen LogP contribution in [0.25, 0.3) is 0 Å². The van der Waals surface area contributed by atoms with E-state index in [1.165, 1.54) is 6.20 Å². The second-order valence-electron chi connectivity index (χ2n) is 7.26. The molecule has 1 aromatic rings. The van der Waals surface area contributed by atoms with Gasteiger partial charge in [0.2, 0.25) is 0 Å². The Balaban J connectivity index is 2.32. The average molecular weight is 417 g/mol. The number of anilines is 1. The average Bonchev–Trinajstić information content (AvgIpc) is 2.97. The highest BCUT2D eigenvalue weighted by Gasteiger charge is 2.53. The number of rotatable bonds is 7. The number of hydrogen-bond acceptors (Lipinski definition) is 9. The van der Waals surface area contributed by atoms with Crippen LogP contribution < -0.4 is 11.4 Å². The fraction of sp³-hybridized carbons (Fsp3) is 0.706. The van der Waals surface area contributed by atoms with Gasteiger partial charge in [-0.25, -0.2) is 4.79 Å². The number of ether oxygens (including phenoxy) is 3. The largest absolute Gasteiger partial charge is 0.462 e. The van der Waals surface area contributed by atoms with Gasteiger partial charge in [0.25, 0.3) is 0 Å². The first-order chi connectivity index (χ1) is 13.1. The lowest BCUT2D eigenvalue weighted by Crippen LogP contribution is -2.49. The third-order valence-electron chi connectivity index (χ3n) is 4.27. The van der Waals surface area contributed by atoms with E-state index in [9.17, 15) is 14.4 Å². The van der Waals surface area contributed by atoms with Gasteiger partial charge in [0.15, 0.2) is 11.8 Å². The van der Waals surface area contributed by atoms with Crippen molar-refractivity contribution in [3.8, 4) is 0 Å². The molecule has 28 heavy (non-hydrogen) atoms. The molecule has 1 fully saturated rings. The quantitative estimate of drug-likeness (QED) is 0.507. The maximum absolute atomic E-state index is 12.2. The zero-order valence-corrected chi connectivity index (χ0v) is 17.0. The lowest BCUT2D eigenvalue weighted by molar-refractivity contribution is -0.177. The summed E-state index contributed by atoms with van der Waals surface area (Å²) in [5.41, 5.74) is 3.42. The Hall–Kier alpha value is -2.20. The summed E-state index contributed by atoms with van der Waals surface area (Å²) in [4.78, 5) is 39.8. The number of aromatic nitrogens is 3. The molecule has 3 atom stereocenters. The van der Waals surface area contributed by atoms with Crippen LogP contribution in [0.1, 0.15) is 40.3 Å². The molecule has 0 radical (unpaired) electrons. The van der Waals surface area contributed by atoms with E-state index in [2.05, 4.69) is 10.1 Å². The SMILES string of the molecule is CC(C)C(=O)OC[C@@]1(CCl)O[C@@H](n2ncc(N)nc2=O)C[C@@H]1OC(=O)C(C)C. The Morgan fingerprint density at radius 1 is 1.36 bits per heavy atom. The van der Waals surface area contributed by atoms with Crippen molar-refractivity contribution in [2.24, 2.45) is 11.8 Å². The number of carbonyl (C=O) groups is 2. The minimum absolute atomic E-state index is 0.0310. The zero-order valence-electron chi connectivity index (χ0n) is 16.3. The maximum Gasteiger partial charge on any atom is 0.368 e. The first kappa shape index (κ1) is 22.1. The second kappa shape index (κ2) is 8.87. The Bertz CT molecular complexity index is 783. The molecule has 0 amide bonds. The van der Waals surface area contributed by atoms with Gasteiger partial charge >= 0.3 is 17.6 Å². The number of alkyl halides is 1. The van der Waals surface area contributed by atoms with Crippen LogP contribution in [0, 0.1) is 11.8 Å². The molecule has 2 rings (SSSR count). The third kappa shape index (κ3) is 4.79. The number of hydrogen-bond donors (Lipinski definition) is 1. The lowest BCUT2D eigenvalue weighted by Gasteiger charge is -2.32. The van der Waals surface area contributed by atoms with Crippen molar-refractivity contribution in [3.63, 3.8) is 0 Å². The van der Waals surface area contributed by atoms with Crippen LogP contribution in [0.4, 0.5) is 5.82 Å². The molecule has 0 aromatic carbocycles. The van der Waals surface area contributed by atoms with Crippen LogP contribution in [-0.4, -0.2) is 50.9 Å². The summed E-state index contributed by atoms with van der Waals surface area (Å²) in [7, 11) is 0. The lowest BCUT2D eigenvalue weighted by atomic mass is 9.99. The molecule has 1 aliphatic heterocycles. The van der Waals surface area contributed by atoms with Crippen molar-refractivity contribution in [1.82, 2.24) is 14.8 Å². The van der Waals surface area contributed by atoms with E-state index in [0.29, 0.717) is 0 Å². The second-order valence-corrected chi connectivity index (χ2v) is 7.52. The molecule has 2 heterocycles. The Morgan fingerprint density at radius 2 is 2.00 bits per heavy atom. The first-order valence-electron chi connectivity index (χ1n) is 8.92. The predicted molar refractivity (Wildman–Crippen MR) is 99.4 cm³/mol. The van der Waals surface area contributed by atoms with Gasteiger partial charge in [-0.2, -0.15) is 14.8 Å². The topological polar surface area (TPSA) is 136 Å². The van der Waals surface area contributed by atoms with Crippen molar-refractivity contribution in [2.75, 3.05) is 18.2 Å². The Kier molecular flexibility index (Phi) is 7.00. The van der Waals surface area contributed by atoms with E-state index in [0.717, 1.165) is 4.68 Å². The van der Waals surface area contributed by atoms with Gasteiger partial charge in [0, 0.05) is 6.42 Å².